The number of hydrogen-bond donors (Lipinski definition) is 1. The van der Waals surface area contributed by atoms with Crippen LogP contribution in [-0.4, -0.2) is 10.8 Å². The summed E-state index contributed by atoms with van der Waals surface area (Å²) in [6.45, 7) is 4.57. The van der Waals surface area contributed by atoms with E-state index in [1.54, 1.807) is 6.20 Å². The summed E-state index contributed by atoms with van der Waals surface area (Å²) in [5.41, 5.74) is 7.05. The zero-order chi connectivity index (χ0) is 13.2. The van der Waals surface area contributed by atoms with Crippen LogP contribution >= 0.6 is 0 Å². The minimum absolute atomic E-state index is 0.220. The molecule has 3 heteroatoms. The van der Waals surface area contributed by atoms with E-state index in [1.165, 1.54) is 0 Å². The fourth-order valence-corrected chi connectivity index (χ4v) is 2.65. The van der Waals surface area contributed by atoms with Crippen LogP contribution in [0.2, 0.25) is 0 Å². The van der Waals surface area contributed by atoms with E-state index in [9.17, 15) is 4.79 Å². The summed E-state index contributed by atoms with van der Waals surface area (Å²) in [6, 6.07) is 3.73. The number of hydrogen-bond acceptors (Lipinski definition) is 3. The number of anilines is 1. The molecule has 2 rings (SSSR count). The Morgan fingerprint density at radius 1 is 1.44 bits per heavy atom. The van der Waals surface area contributed by atoms with Crippen molar-refractivity contribution in [3.63, 3.8) is 0 Å². The molecule has 3 nitrogen and oxygen atoms in total. The average molecular weight is 246 g/mol. The molecule has 1 aromatic rings. The Morgan fingerprint density at radius 3 is 2.72 bits per heavy atom. The molecule has 1 aromatic heterocycles. The Bertz CT molecular complexity index is 430. The fourth-order valence-electron chi connectivity index (χ4n) is 2.65. The van der Waals surface area contributed by atoms with Gasteiger partial charge in [0.25, 0.3) is 0 Å². The highest BCUT2D eigenvalue weighted by Crippen LogP contribution is 2.38. The lowest BCUT2D eigenvalue weighted by Crippen LogP contribution is -2.27. The van der Waals surface area contributed by atoms with Crippen LogP contribution in [0.15, 0.2) is 18.3 Å². The number of aromatic nitrogens is 1. The topological polar surface area (TPSA) is 56.0 Å². The second-order valence-corrected chi connectivity index (χ2v) is 6.13. The number of nitrogen functional groups attached to an aromatic ring is 1. The van der Waals surface area contributed by atoms with Crippen LogP contribution in [-0.2, 0) is 11.2 Å². The van der Waals surface area contributed by atoms with Gasteiger partial charge >= 0.3 is 0 Å². The summed E-state index contributed by atoms with van der Waals surface area (Å²) in [5.74, 6) is 1.03. The molecule has 0 amide bonds. The lowest BCUT2D eigenvalue weighted by Gasteiger charge is -2.33. The van der Waals surface area contributed by atoms with Gasteiger partial charge in [-0.15, -0.1) is 0 Å². The van der Waals surface area contributed by atoms with Gasteiger partial charge < -0.3 is 5.73 Å². The molecule has 1 heterocycles. The molecule has 18 heavy (non-hydrogen) atoms. The summed E-state index contributed by atoms with van der Waals surface area (Å²) in [6.07, 6.45) is 6.42. The third kappa shape index (κ3) is 3.09. The highest BCUT2D eigenvalue weighted by atomic mass is 16.1. The average Bonchev–Trinajstić information content (AvgIpc) is 2.32. The van der Waals surface area contributed by atoms with Crippen molar-refractivity contribution in [3.8, 4) is 0 Å². The van der Waals surface area contributed by atoms with E-state index in [2.05, 4.69) is 18.8 Å². The summed E-state index contributed by atoms with van der Waals surface area (Å²) in [4.78, 5) is 16.3. The van der Waals surface area contributed by atoms with Gasteiger partial charge in [0.15, 0.2) is 0 Å². The van der Waals surface area contributed by atoms with Crippen LogP contribution in [0, 0.1) is 11.3 Å². The maximum Gasteiger partial charge on any atom is 0.140 e. The molecule has 0 aliphatic heterocycles. The van der Waals surface area contributed by atoms with E-state index >= 15 is 0 Å². The molecule has 2 N–H and O–H groups in total. The summed E-state index contributed by atoms with van der Waals surface area (Å²) < 4.78 is 0. The Morgan fingerprint density at radius 2 is 2.11 bits per heavy atom. The number of pyridine rings is 1. The molecule has 0 saturated heterocycles. The summed E-state index contributed by atoms with van der Waals surface area (Å²) in [7, 11) is 0. The van der Waals surface area contributed by atoms with Gasteiger partial charge in [0, 0.05) is 24.1 Å². The number of rotatable bonds is 3. The largest absolute Gasteiger partial charge is 0.383 e. The number of Topliss-reactive ketones (excluding diaryl/α,β-unsaturated/α-hetero) is 1. The first-order valence-electron chi connectivity index (χ1n) is 6.70. The lowest BCUT2D eigenvalue weighted by atomic mass is 9.71. The molecule has 0 spiro atoms. The van der Waals surface area contributed by atoms with Crippen molar-refractivity contribution in [1.82, 2.24) is 4.98 Å². The van der Waals surface area contributed by atoms with Crippen molar-refractivity contribution in [2.75, 3.05) is 5.73 Å². The Balaban J connectivity index is 1.95. The first kappa shape index (κ1) is 13.1. The van der Waals surface area contributed by atoms with Crippen molar-refractivity contribution in [2.45, 2.75) is 46.0 Å². The van der Waals surface area contributed by atoms with E-state index in [4.69, 9.17) is 5.73 Å². The van der Waals surface area contributed by atoms with Gasteiger partial charge in [-0.05, 0) is 37.2 Å². The molecule has 0 aromatic carbocycles. The van der Waals surface area contributed by atoms with Crippen LogP contribution in [0.5, 0.6) is 0 Å². The van der Waals surface area contributed by atoms with Crippen molar-refractivity contribution in [3.05, 3.63) is 23.9 Å². The minimum Gasteiger partial charge on any atom is -0.383 e. The second kappa shape index (κ2) is 5.09. The van der Waals surface area contributed by atoms with Gasteiger partial charge in [0.05, 0.1) is 0 Å². The van der Waals surface area contributed by atoms with E-state index in [-0.39, 0.29) is 5.92 Å². The fraction of sp³-hybridized carbons (Fsp3) is 0.600. The van der Waals surface area contributed by atoms with Crippen LogP contribution < -0.4 is 5.73 Å². The van der Waals surface area contributed by atoms with Crippen LogP contribution in [0.3, 0.4) is 0 Å². The highest BCUT2D eigenvalue weighted by molar-refractivity contribution is 5.84. The second-order valence-electron chi connectivity index (χ2n) is 6.13. The lowest BCUT2D eigenvalue weighted by molar-refractivity contribution is -0.123. The maximum atomic E-state index is 12.2. The molecule has 1 aliphatic rings. The van der Waals surface area contributed by atoms with Crippen molar-refractivity contribution in [1.29, 1.82) is 0 Å². The normalized spacial score (nSPS) is 19.7. The summed E-state index contributed by atoms with van der Waals surface area (Å²) in [5, 5.41) is 0. The monoisotopic (exact) mass is 246 g/mol. The molecule has 0 bridgehead atoms. The number of nitrogens with zero attached hydrogens (tertiary/aromatic N) is 1. The first-order chi connectivity index (χ1) is 8.48. The van der Waals surface area contributed by atoms with E-state index in [0.29, 0.717) is 23.4 Å². The standard InChI is InChI=1S/C15H22N2O/c1-15(2)7-5-11(6-8-15)13(18)10-12-4-3-9-17-14(12)16/h3-4,9,11H,5-8,10H2,1-2H3,(H2,16,17). The predicted molar refractivity (Wildman–Crippen MR) is 73.1 cm³/mol. The molecule has 98 valence electrons. The number of nitrogens with two attached hydrogens (primary N) is 1. The first-order valence-corrected chi connectivity index (χ1v) is 6.70. The molecule has 0 unspecified atom stereocenters. The zero-order valence-corrected chi connectivity index (χ0v) is 11.3. The van der Waals surface area contributed by atoms with Gasteiger partial charge in [-0.25, -0.2) is 4.98 Å². The molecular formula is C15H22N2O. The molecule has 0 radical (unpaired) electrons. The van der Waals surface area contributed by atoms with Crippen LogP contribution in [0.1, 0.15) is 45.1 Å². The predicted octanol–water partition coefficient (Wildman–Crippen LogP) is 2.99. The van der Waals surface area contributed by atoms with E-state index in [1.807, 2.05) is 12.1 Å². The molecular weight excluding hydrogens is 224 g/mol. The minimum atomic E-state index is 0.220. The molecule has 1 aliphatic carbocycles. The Kier molecular flexibility index (Phi) is 3.69. The molecule has 1 fully saturated rings. The van der Waals surface area contributed by atoms with E-state index in [0.717, 1.165) is 31.2 Å². The van der Waals surface area contributed by atoms with Crippen molar-refractivity contribution >= 4 is 11.6 Å². The molecule has 1 saturated carbocycles. The maximum absolute atomic E-state index is 12.2. The zero-order valence-electron chi connectivity index (χ0n) is 11.3. The van der Waals surface area contributed by atoms with Gasteiger partial charge in [0.2, 0.25) is 0 Å². The third-order valence-corrected chi connectivity index (χ3v) is 4.09. The Labute approximate surface area is 109 Å². The van der Waals surface area contributed by atoms with Crippen LogP contribution in [0.25, 0.3) is 0 Å². The third-order valence-electron chi connectivity index (χ3n) is 4.09. The van der Waals surface area contributed by atoms with Gasteiger partial charge in [-0.1, -0.05) is 19.9 Å². The summed E-state index contributed by atoms with van der Waals surface area (Å²) >= 11 is 0. The van der Waals surface area contributed by atoms with E-state index < -0.39 is 0 Å². The van der Waals surface area contributed by atoms with Gasteiger partial charge in [-0.3, -0.25) is 4.79 Å². The number of ketones is 1. The van der Waals surface area contributed by atoms with Gasteiger partial charge in [-0.2, -0.15) is 0 Å². The quantitative estimate of drug-likeness (QED) is 0.892. The van der Waals surface area contributed by atoms with Crippen molar-refractivity contribution < 1.29 is 4.79 Å². The smallest absolute Gasteiger partial charge is 0.140 e. The Hall–Kier alpha value is -1.38. The highest BCUT2D eigenvalue weighted by Gasteiger charge is 2.30. The van der Waals surface area contributed by atoms with Crippen LogP contribution in [0.4, 0.5) is 5.82 Å². The number of carbonyl (C=O) groups is 1. The van der Waals surface area contributed by atoms with Crippen molar-refractivity contribution in [2.24, 2.45) is 11.3 Å². The number of carbonyl (C=O) groups excluding carboxylic acids is 1. The SMILES string of the molecule is CC1(C)CCC(C(=O)Cc2cccnc2N)CC1. The molecule has 0 atom stereocenters. The van der Waals surface area contributed by atoms with Gasteiger partial charge in [0.1, 0.15) is 11.6 Å².